The van der Waals surface area contributed by atoms with Crippen LogP contribution in [0, 0.1) is 6.92 Å². The summed E-state index contributed by atoms with van der Waals surface area (Å²) in [5.74, 6) is 0.638. The van der Waals surface area contributed by atoms with Crippen molar-refractivity contribution in [2.45, 2.75) is 13.1 Å². The first-order valence-corrected chi connectivity index (χ1v) is 10.5. The fraction of sp³-hybridized carbons (Fsp3) is 0.160. The molecule has 0 aliphatic carbocycles. The summed E-state index contributed by atoms with van der Waals surface area (Å²) >= 11 is 0. The number of fused-ring (bicyclic) bond motifs is 1. The molecule has 180 valence electrons. The molecule has 10 heteroatoms. The first kappa shape index (κ1) is 23.8. The number of carbonyl (C=O) groups excluding carboxylic acids is 1. The number of carbonyl (C=O) groups is 1. The zero-order chi connectivity index (χ0) is 25.0. The first-order chi connectivity index (χ1) is 16.7. The van der Waals surface area contributed by atoms with E-state index in [9.17, 15) is 18.0 Å². The van der Waals surface area contributed by atoms with Crippen LogP contribution in [0.15, 0.2) is 67.0 Å². The van der Waals surface area contributed by atoms with Crippen molar-refractivity contribution in [1.29, 1.82) is 0 Å². The van der Waals surface area contributed by atoms with E-state index in [0.717, 1.165) is 23.4 Å². The molecular formula is C25H21F3N4O3. The van der Waals surface area contributed by atoms with Crippen molar-refractivity contribution in [3.05, 3.63) is 78.1 Å². The van der Waals surface area contributed by atoms with Crippen LogP contribution in [0.2, 0.25) is 0 Å². The van der Waals surface area contributed by atoms with Crippen molar-refractivity contribution in [3.8, 4) is 11.5 Å². The maximum Gasteiger partial charge on any atom is 0.416 e. The number of anilines is 3. The average Bonchev–Trinajstić information content (AvgIpc) is 2.83. The Balaban J connectivity index is 1.50. The highest BCUT2D eigenvalue weighted by Gasteiger charge is 2.30. The molecule has 3 aromatic carbocycles. The number of hydrogen-bond acceptors (Lipinski definition) is 6. The molecule has 0 radical (unpaired) electrons. The van der Waals surface area contributed by atoms with Crippen molar-refractivity contribution in [2.75, 3.05) is 24.4 Å². The van der Waals surface area contributed by atoms with Crippen LogP contribution >= 0.6 is 0 Å². The number of nitrogens with one attached hydrogen (secondary N) is 2. The van der Waals surface area contributed by atoms with E-state index in [2.05, 4.69) is 20.6 Å². The maximum atomic E-state index is 12.7. The van der Waals surface area contributed by atoms with Crippen LogP contribution in [0.1, 0.15) is 11.1 Å². The summed E-state index contributed by atoms with van der Waals surface area (Å²) < 4.78 is 49.2. The monoisotopic (exact) mass is 482 g/mol. The number of aryl methyl sites for hydroxylation is 1. The van der Waals surface area contributed by atoms with Crippen LogP contribution in [0.5, 0.6) is 11.5 Å². The first-order valence-electron chi connectivity index (χ1n) is 10.5. The second-order valence-electron chi connectivity index (χ2n) is 7.65. The van der Waals surface area contributed by atoms with Crippen LogP contribution < -0.4 is 20.1 Å². The minimum Gasteiger partial charge on any atom is -0.493 e. The Labute approximate surface area is 198 Å². The zero-order valence-corrected chi connectivity index (χ0v) is 18.8. The van der Waals surface area contributed by atoms with Gasteiger partial charge in [0.15, 0.2) is 18.1 Å². The molecule has 1 heterocycles. The van der Waals surface area contributed by atoms with Gasteiger partial charge in [-0.2, -0.15) is 13.2 Å². The third-order valence-electron chi connectivity index (χ3n) is 5.09. The fourth-order valence-corrected chi connectivity index (χ4v) is 3.29. The topological polar surface area (TPSA) is 85.4 Å². The van der Waals surface area contributed by atoms with Crippen LogP contribution in [-0.2, 0) is 11.0 Å². The smallest absolute Gasteiger partial charge is 0.416 e. The zero-order valence-electron chi connectivity index (χ0n) is 18.8. The van der Waals surface area contributed by atoms with E-state index < -0.39 is 24.3 Å². The van der Waals surface area contributed by atoms with E-state index in [1.807, 2.05) is 31.2 Å². The predicted octanol–water partition coefficient (Wildman–Crippen LogP) is 5.73. The lowest BCUT2D eigenvalue weighted by atomic mass is 10.2. The molecule has 0 saturated heterocycles. The van der Waals surface area contributed by atoms with Gasteiger partial charge in [-0.3, -0.25) is 4.79 Å². The van der Waals surface area contributed by atoms with E-state index >= 15 is 0 Å². The summed E-state index contributed by atoms with van der Waals surface area (Å²) in [5.41, 5.74) is 1.98. The van der Waals surface area contributed by atoms with E-state index in [1.165, 1.54) is 25.6 Å². The van der Waals surface area contributed by atoms with E-state index in [4.69, 9.17) is 9.47 Å². The molecule has 35 heavy (non-hydrogen) atoms. The average molecular weight is 482 g/mol. The maximum absolute atomic E-state index is 12.7. The molecule has 0 saturated carbocycles. The van der Waals surface area contributed by atoms with Crippen LogP contribution in [0.3, 0.4) is 0 Å². The number of ether oxygens (including phenoxy) is 2. The molecule has 7 nitrogen and oxygen atoms in total. The number of aromatic nitrogens is 2. The Morgan fingerprint density at radius 1 is 0.943 bits per heavy atom. The molecule has 0 unspecified atom stereocenters. The Morgan fingerprint density at radius 2 is 1.63 bits per heavy atom. The molecule has 0 aliphatic heterocycles. The van der Waals surface area contributed by atoms with Crippen molar-refractivity contribution < 1.29 is 27.4 Å². The van der Waals surface area contributed by atoms with Gasteiger partial charge >= 0.3 is 6.18 Å². The molecule has 0 fully saturated rings. The molecule has 1 aromatic heterocycles. The number of amides is 1. The van der Waals surface area contributed by atoms with Gasteiger partial charge in [-0.25, -0.2) is 9.97 Å². The molecule has 1 amide bonds. The summed E-state index contributed by atoms with van der Waals surface area (Å²) in [6.07, 6.45) is -3.02. The largest absolute Gasteiger partial charge is 0.493 e. The van der Waals surface area contributed by atoms with Gasteiger partial charge in [0.2, 0.25) is 0 Å². The predicted molar refractivity (Wildman–Crippen MR) is 126 cm³/mol. The Bertz CT molecular complexity index is 1340. The van der Waals surface area contributed by atoms with Crippen LogP contribution in [-0.4, -0.2) is 29.6 Å². The molecule has 4 aromatic rings. The Kier molecular flexibility index (Phi) is 6.72. The normalized spacial score (nSPS) is 11.2. The summed E-state index contributed by atoms with van der Waals surface area (Å²) in [6, 6.07) is 15.3. The summed E-state index contributed by atoms with van der Waals surface area (Å²) in [5, 5.41) is 6.39. The molecule has 0 aliphatic rings. The van der Waals surface area contributed by atoms with Crippen molar-refractivity contribution in [1.82, 2.24) is 9.97 Å². The molecule has 0 atom stereocenters. The van der Waals surface area contributed by atoms with Gasteiger partial charge in [0.05, 0.1) is 18.2 Å². The second kappa shape index (κ2) is 9.88. The van der Waals surface area contributed by atoms with Gasteiger partial charge in [0.25, 0.3) is 5.91 Å². The Hall–Kier alpha value is -4.34. The van der Waals surface area contributed by atoms with E-state index in [1.54, 1.807) is 12.1 Å². The molecule has 4 rings (SSSR count). The van der Waals surface area contributed by atoms with Gasteiger partial charge < -0.3 is 20.1 Å². The minimum absolute atomic E-state index is 0.218. The van der Waals surface area contributed by atoms with Crippen molar-refractivity contribution in [3.63, 3.8) is 0 Å². The number of rotatable bonds is 7. The van der Waals surface area contributed by atoms with Gasteiger partial charge in [0.1, 0.15) is 12.1 Å². The van der Waals surface area contributed by atoms with Gasteiger partial charge in [0, 0.05) is 22.8 Å². The highest BCUT2D eigenvalue weighted by atomic mass is 19.4. The van der Waals surface area contributed by atoms with Crippen molar-refractivity contribution >= 4 is 34.0 Å². The molecular weight excluding hydrogens is 461 g/mol. The lowest BCUT2D eigenvalue weighted by molar-refractivity contribution is -0.137. The number of benzene rings is 3. The van der Waals surface area contributed by atoms with Gasteiger partial charge in [-0.1, -0.05) is 17.7 Å². The number of hydrogen-bond donors (Lipinski definition) is 2. The highest BCUT2D eigenvalue weighted by molar-refractivity contribution is 5.94. The van der Waals surface area contributed by atoms with Crippen molar-refractivity contribution in [2.24, 2.45) is 0 Å². The quantitative estimate of drug-likeness (QED) is 0.350. The number of halogens is 3. The van der Waals surface area contributed by atoms with Crippen LogP contribution in [0.4, 0.5) is 30.4 Å². The fourth-order valence-electron chi connectivity index (χ4n) is 3.29. The highest BCUT2D eigenvalue weighted by Crippen LogP contribution is 2.35. The summed E-state index contributed by atoms with van der Waals surface area (Å²) in [4.78, 5) is 20.9. The van der Waals surface area contributed by atoms with Crippen LogP contribution in [0.25, 0.3) is 10.9 Å². The molecule has 2 N–H and O–H groups in total. The van der Waals surface area contributed by atoms with E-state index in [0.29, 0.717) is 22.5 Å². The summed E-state index contributed by atoms with van der Waals surface area (Å²) in [7, 11) is 1.46. The number of methoxy groups -OCH3 is 1. The number of alkyl halides is 3. The standard InChI is InChI=1S/C25H21F3N4O3/c1-15-3-7-18(8-4-15)32-24-19-11-22(21(34-2)12-20(19)29-14-30-24)35-13-23(33)31-17-9-5-16(6-10-17)25(26,27)28/h3-12,14H,13H2,1-2H3,(H,31,33)(H,29,30,32). The lowest BCUT2D eigenvalue weighted by Gasteiger charge is -2.14. The Morgan fingerprint density at radius 3 is 2.29 bits per heavy atom. The number of nitrogens with zero attached hydrogens (tertiary/aromatic N) is 2. The van der Waals surface area contributed by atoms with Gasteiger partial charge in [-0.05, 0) is 49.4 Å². The molecule has 0 bridgehead atoms. The SMILES string of the molecule is COc1cc2ncnc(Nc3ccc(C)cc3)c2cc1OCC(=O)Nc1ccc(C(F)(F)F)cc1. The summed E-state index contributed by atoms with van der Waals surface area (Å²) in [6.45, 7) is 1.60. The second-order valence-corrected chi connectivity index (χ2v) is 7.65. The molecule has 0 spiro atoms. The third-order valence-corrected chi connectivity index (χ3v) is 5.09. The lowest BCUT2D eigenvalue weighted by Crippen LogP contribution is -2.20. The third kappa shape index (κ3) is 5.78. The van der Waals surface area contributed by atoms with E-state index in [-0.39, 0.29) is 11.4 Å². The van der Waals surface area contributed by atoms with Gasteiger partial charge in [-0.15, -0.1) is 0 Å². The minimum atomic E-state index is -4.45.